The molecule has 1 N–H and O–H groups in total. The van der Waals surface area contributed by atoms with Gasteiger partial charge in [0.1, 0.15) is 5.75 Å². The second-order valence-corrected chi connectivity index (χ2v) is 10.2. The van der Waals surface area contributed by atoms with E-state index in [1.165, 1.54) is 12.0 Å². The summed E-state index contributed by atoms with van der Waals surface area (Å²) in [4.78, 5) is 2.42. The zero-order chi connectivity index (χ0) is 21.5. The number of fused-ring (bicyclic) bond motifs is 2. The van der Waals surface area contributed by atoms with E-state index in [4.69, 9.17) is 4.74 Å². The van der Waals surface area contributed by atoms with Crippen LogP contribution < -0.4 is 4.74 Å². The van der Waals surface area contributed by atoms with Crippen molar-refractivity contribution in [3.63, 3.8) is 0 Å². The van der Waals surface area contributed by atoms with E-state index in [2.05, 4.69) is 69.1 Å². The van der Waals surface area contributed by atoms with Crippen LogP contribution in [0.25, 0.3) is 0 Å². The van der Waals surface area contributed by atoms with Gasteiger partial charge in [-0.2, -0.15) is 0 Å². The lowest BCUT2D eigenvalue weighted by Crippen LogP contribution is -2.67. The smallest absolute Gasteiger partial charge is 0.119 e. The molecule has 3 fully saturated rings. The van der Waals surface area contributed by atoms with Gasteiger partial charge in [-0.15, -0.1) is 12.4 Å². The van der Waals surface area contributed by atoms with E-state index in [9.17, 15) is 5.11 Å². The first-order valence-electron chi connectivity index (χ1n) is 11.4. The average Bonchev–Trinajstić information content (AvgIpc) is 2.75. The van der Waals surface area contributed by atoms with Crippen molar-refractivity contribution in [3.8, 4) is 5.75 Å². The first-order chi connectivity index (χ1) is 14.3. The topological polar surface area (TPSA) is 32.7 Å². The van der Waals surface area contributed by atoms with E-state index in [1.54, 1.807) is 7.11 Å². The number of benzene rings is 2. The fourth-order valence-electron chi connectivity index (χ4n) is 6.49. The number of rotatable bonds is 7. The van der Waals surface area contributed by atoms with E-state index in [0.29, 0.717) is 11.8 Å². The van der Waals surface area contributed by atoms with E-state index in [-0.39, 0.29) is 29.7 Å². The summed E-state index contributed by atoms with van der Waals surface area (Å²) in [5, 5.41) is 12.3. The maximum absolute atomic E-state index is 12.3. The molecule has 4 heteroatoms. The van der Waals surface area contributed by atoms with Crippen LogP contribution in [0.4, 0.5) is 0 Å². The van der Waals surface area contributed by atoms with Crippen molar-refractivity contribution in [1.29, 1.82) is 0 Å². The molecule has 3 saturated carbocycles. The molecule has 0 amide bonds. The molecule has 0 saturated heterocycles. The highest BCUT2D eigenvalue weighted by Gasteiger charge is 2.66. The van der Waals surface area contributed by atoms with Gasteiger partial charge in [0.15, 0.2) is 0 Å². The molecule has 5 atom stereocenters. The van der Waals surface area contributed by atoms with Gasteiger partial charge in [-0.1, -0.05) is 63.2 Å². The van der Waals surface area contributed by atoms with Crippen LogP contribution >= 0.6 is 12.4 Å². The minimum Gasteiger partial charge on any atom is -0.497 e. The standard InChI is InChI=1S/C27H37NO2.ClH/c1-19-23-17-24(26(23,2)3)25(18-28(4)15-14-20-10-7-6-8-11-20)27(19,29)21-12-9-13-22(16-21)30-5;/h6-13,16,19,23-25,29H,14-15,17-18H2,1-5H3;1H/t19-,23-,24+,25-,27-;/m1./s1. The molecule has 0 unspecified atom stereocenters. The van der Waals surface area contributed by atoms with Gasteiger partial charge in [0.25, 0.3) is 0 Å². The summed E-state index contributed by atoms with van der Waals surface area (Å²) in [6.45, 7) is 8.98. The highest BCUT2D eigenvalue weighted by Crippen LogP contribution is 2.68. The molecule has 2 bridgehead atoms. The SMILES string of the molecule is COc1cccc([C@]2(O)[C@H](C)[C@H]3C[C@@H]([C@H]2CN(C)CCc2ccccc2)C3(C)C)c1.Cl. The van der Waals surface area contributed by atoms with Gasteiger partial charge in [0.2, 0.25) is 0 Å². The molecule has 2 aromatic carbocycles. The van der Waals surface area contributed by atoms with Crippen molar-refractivity contribution in [2.75, 3.05) is 27.2 Å². The molecular formula is C27H38ClNO2. The number of methoxy groups -OCH3 is 1. The third-order valence-electron chi connectivity index (χ3n) is 8.43. The van der Waals surface area contributed by atoms with Crippen LogP contribution in [0.2, 0.25) is 0 Å². The van der Waals surface area contributed by atoms with Gasteiger partial charge in [0, 0.05) is 19.0 Å². The van der Waals surface area contributed by atoms with Crippen LogP contribution in [0.3, 0.4) is 0 Å². The molecule has 0 aliphatic heterocycles. The quantitative estimate of drug-likeness (QED) is 0.621. The molecule has 3 nitrogen and oxygen atoms in total. The highest BCUT2D eigenvalue weighted by molar-refractivity contribution is 5.85. The minimum atomic E-state index is -0.821. The summed E-state index contributed by atoms with van der Waals surface area (Å²) in [5.41, 5.74) is 1.85. The number of halogens is 1. The first-order valence-corrected chi connectivity index (χ1v) is 11.4. The van der Waals surface area contributed by atoms with E-state index < -0.39 is 5.60 Å². The lowest BCUT2D eigenvalue weighted by molar-refractivity contribution is -0.257. The average molecular weight is 444 g/mol. The fourth-order valence-corrected chi connectivity index (χ4v) is 6.49. The van der Waals surface area contributed by atoms with Gasteiger partial charge in [-0.3, -0.25) is 0 Å². The Morgan fingerprint density at radius 1 is 1.06 bits per heavy atom. The Balaban J connectivity index is 0.00000272. The van der Waals surface area contributed by atoms with E-state index in [1.807, 2.05) is 18.2 Å². The fraction of sp³-hybridized carbons (Fsp3) is 0.556. The summed E-state index contributed by atoms with van der Waals surface area (Å²) < 4.78 is 5.49. The molecule has 31 heavy (non-hydrogen) atoms. The lowest BCUT2D eigenvalue weighted by atomic mass is 9.38. The van der Waals surface area contributed by atoms with Crippen LogP contribution in [0.15, 0.2) is 54.6 Å². The predicted octanol–water partition coefficient (Wildman–Crippen LogP) is 5.41. The molecule has 0 spiro atoms. The molecule has 5 rings (SSSR count). The number of likely N-dealkylation sites (N-methyl/N-ethyl adjacent to an activating group) is 1. The van der Waals surface area contributed by atoms with E-state index >= 15 is 0 Å². The zero-order valence-electron chi connectivity index (χ0n) is 19.5. The second kappa shape index (κ2) is 9.13. The van der Waals surface area contributed by atoms with E-state index in [0.717, 1.165) is 30.8 Å². The van der Waals surface area contributed by atoms with Crippen LogP contribution in [0.5, 0.6) is 5.75 Å². The largest absolute Gasteiger partial charge is 0.497 e. The summed E-state index contributed by atoms with van der Waals surface area (Å²) in [5.74, 6) is 2.35. The Morgan fingerprint density at radius 2 is 1.77 bits per heavy atom. The zero-order valence-corrected chi connectivity index (χ0v) is 20.4. The number of hydrogen-bond donors (Lipinski definition) is 1. The Bertz CT molecular complexity index is 871. The van der Waals surface area contributed by atoms with Crippen LogP contribution in [0, 0.1) is 29.1 Å². The summed E-state index contributed by atoms with van der Waals surface area (Å²) in [7, 11) is 3.90. The van der Waals surface area contributed by atoms with Crippen molar-refractivity contribution in [2.24, 2.45) is 29.1 Å². The molecule has 2 aromatic rings. The van der Waals surface area contributed by atoms with Crippen molar-refractivity contribution in [1.82, 2.24) is 4.90 Å². The molecule has 0 heterocycles. The van der Waals surface area contributed by atoms with Gasteiger partial charge in [-0.25, -0.2) is 0 Å². The van der Waals surface area contributed by atoms with Crippen LogP contribution in [0.1, 0.15) is 38.3 Å². The Kier molecular flexibility index (Phi) is 7.10. The molecule has 3 aliphatic rings. The van der Waals surface area contributed by atoms with Gasteiger partial charge >= 0.3 is 0 Å². The molecule has 0 aromatic heterocycles. The van der Waals surface area contributed by atoms with Crippen LogP contribution in [-0.4, -0.2) is 37.3 Å². The Labute approximate surface area is 194 Å². The maximum Gasteiger partial charge on any atom is 0.119 e. The summed E-state index contributed by atoms with van der Waals surface area (Å²) >= 11 is 0. The highest BCUT2D eigenvalue weighted by atomic mass is 35.5. The number of ether oxygens (including phenoxy) is 1. The lowest BCUT2D eigenvalue weighted by Gasteiger charge is -2.68. The van der Waals surface area contributed by atoms with Crippen molar-refractivity contribution in [2.45, 2.75) is 39.2 Å². The normalized spacial score (nSPS) is 30.9. The summed E-state index contributed by atoms with van der Waals surface area (Å²) in [6.07, 6.45) is 2.27. The number of nitrogens with zero attached hydrogens (tertiary/aromatic N) is 1. The first kappa shape index (κ1) is 24.1. The Morgan fingerprint density at radius 3 is 2.42 bits per heavy atom. The number of hydrogen-bond acceptors (Lipinski definition) is 3. The minimum absolute atomic E-state index is 0. The number of aliphatic hydroxyl groups is 1. The summed E-state index contributed by atoms with van der Waals surface area (Å²) in [6, 6.07) is 18.8. The molecule has 0 radical (unpaired) electrons. The van der Waals surface area contributed by atoms with Crippen LogP contribution in [-0.2, 0) is 12.0 Å². The molecule has 3 aliphatic carbocycles. The van der Waals surface area contributed by atoms with Gasteiger partial charge in [0.05, 0.1) is 12.7 Å². The monoisotopic (exact) mass is 443 g/mol. The Hall–Kier alpha value is -1.55. The van der Waals surface area contributed by atoms with Crippen molar-refractivity contribution >= 4 is 12.4 Å². The molecule has 170 valence electrons. The second-order valence-electron chi connectivity index (χ2n) is 10.2. The van der Waals surface area contributed by atoms with Gasteiger partial charge < -0.3 is 14.7 Å². The predicted molar refractivity (Wildman–Crippen MR) is 130 cm³/mol. The maximum atomic E-state index is 12.3. The van der Waals surface area contributed by atoms with Crippen molar-refractivity contribution < 1.29 is 9.84 Å². The molecular weight excluding hydrogens is 406 g/mol. The van der Waals surface area contributed by atoms with Gasteiger partial charge in [-0.05, 0) is 66.3 Å². The third kappa shape index (κ3) is 4.13. The third-order valence-corrected chi connectivity index (χ3v) is 8.43. The van der Waals surface area contributed by atoms with Crippen molar-refractivity contribution in [3.05, 3.63) is 65.7 Å².